The summed E-state index contributed by atoms with van der Waals surface area (Å²) in [6, 6.07) is 23.9. The molecule has 4 rings (SSSR count). The van der Waals surface area contributed by atoms with E-state index in [0.29, 0.717) is 10.0 Å². The molecule has 0 aliphatic carbocycles. The van der Waals surface area contributed by atoms with Crippen molar-refractivity contribution >= 4 is 39.8 Å². The molecule has 0 aliphatic rings. The molecule has 174 valence electrons. The van der Waals surface area contributed by atoms with Gasteiger partial charge in [0.05, 0.1) is 5.60 Å². The van der Waals surface area contributed by atoms with E-state index in [2.05, 4.69) is 19.1 Å². The molecule has 0 amide bonds. The molecule has 0 aliphatic heterocycles. The predicted molar refractivity (Wildman–Crippen MR) is 144 cm³/mol. The Bertz CT molecular complexity index is 1350. The molecular weight excluding hydrogens is 463 g/mol. The van der Waals surface area contributed by atoms with Crippen LogP contribution in [0.5, 0.6) is 0 Å². The Balaban J connectivity index is 2.17. The molecular formula is C30H28Cl2O2. The molecule has 0 heterocycles. The van der Waals surface area contributed by atoms with Crippen LogP contribution in [-0.2, 0) is 9.53 Å². The van der Waals surface area contributed by atoms with Crippen LogP contribution in [0.1, 0.15) is 44.9 Å². The number of ketones is 1. The molecule has 0 fully saturated rings. The standard InChI is InChI=1S/C30H28Cl2O2/c1-18-26(20-10-14-22(31)15-11-20)24-8-6-7-9-25(24)28(21-12-16-23(32)17-13-21)27(18)29(19(2)33)34-30(3,4)5/h6-17,29H,1-5H3. The zero-order valence-electron chi connectivity index (χ0n) is 20.1. The van der Waals surface area contributed by atoms with Gasteiger partial charge in [0, 0.05) is 15.6 Å². The van der Waals surface area contributed by atoms with Crippen molar-refractivity contribution in [3.63, 3.8) is 0 Å². The van der Waals surface area contributed by atoms with Crippen molar-refractivity contribution in [2.24, 2.45) is 0 Å². The topological polar surface area (TPSA) is 26.3 Å². The zero-order valence-corrected chi connectivity index (χ0v) is 21.6. The largest absolute Gasteiger partial charge is 0.360 e. The van der Waals surface area contributed by atoms with Crippen molar-refractivity contribution in [3.05, 3.63) is 94.0 Å². The van der Waals surface area contributed by atoms with E-state index in [1.165, 1.54) is 0 Å². The van der Waals surface area contributed by atoms with Crippen molar-refractivity contribution in [2.75, 3.05) is 0 Å². The maximum Gasteiger partial charge on any atom is 0.163 e. The fraction of sp³-hybridized carbons (Fsp3) is 0.233. The summed E-state index contributed by atoms with van der Waals surface area (Å²) in [6.07, 6.45) is -0.721. The normalized spacial score (nSPS) is 12.7. The first-order valence-corrected chi connectivity index (χ1v) is 12.1. The molecule has 0 radical (unpaired) electrons. The van der Waals surface area contributed by atoms with E-state index in [1.807, 2.05) is 81.4 Å². The number of benzene rings is 4. The average Bonchev–Trinajstić information content (AvgIpc) is 2.78. The van der Waals surface area contributed by atoms with Gasteiger partial charge in [0.2, 0.25) is 0 Å². The molecule has 0 saturated carbocycles. The number of hydrogen-bond acceptors (Lipinski definition) is 2. The van der Waals surface area contributed by atoms with Gasteiger partial charge in [0.25, 0.3) is 0 Å². The molecule has 0 spiro atoms. The van der Waals surface area contributed by atoms with Crippen molar-refractivity contribution in [1.82, 2.24) is 0 Å². The van der Waals surface area contributed by atoms with Gasteiger partial charge in [-0.05, 0) is 97.5 Å². The lowest BCUT2D eigenvalue weighted by Gasteiger charge is -2.31. The van der Waals surface area contributed by atoms with Gasteiger partial charge in [0.1, 0.15) is 6.10 Å². The maximum atomic E-state index is 13.1. The maximum absolute atomic E-state index is 13.1. The van der Waals surface area contributed by atoms with Crippen LogP contribution in [0.25, 0.3) is 33.0 Å². The van der Waals surface area contributed by atoms with Crippen molar-refractivity contribution in [3.8, 4) is 22.3 Å². The fourth-order valence-electron chi connectivity index (χ4n) is 4.53. The third-order valence-electron chi connectivity index (χ3n) is 5.88. The summed E-state index contributed by atoms with van der Waals surface area (Å²) >= 11 is 12.4. The number of carbonyl (C=O) groups is 1. The number of Topliss-reactive ketones (excluding diaryl/α,β-unsaturated/α-hetero) is 1. The van der Waals surface area contributed by atoms with Crippen LogP contribution in [0, 0.1) is 6.92 Å². The summed E-state index contributed by atoms with van der Waals surface area (Å²) in [5.41, 5.74) is 5.48. The number of ether oxygens (including phenoxy) is 1. The molecule has 2 nitrogen and oxygen atoms in total. The van der Waals surface area contributed by atoms with Gasteiger partial charge in [-0.3, -0.25) is 4.79 Å². The Morgan fingerprint density at radius 1 is 0.765 bits per heavy atom. The summed E-state index contributed by atoms with van der Waals surface area (Å²) in [6.45, 7) is 9.59. The summed E-state index contributed by atoms with van der Waals surface area (Å²) < 4.78 is 6.41. The summed E-state index contributed by atoms with van der Waals surface area (Å²) in [5.74, 6) is -0.0365. The molecule has 0 aromatic heterocycles. The molecule has 0 N–H and O–H groups in total. The molecule has 34 heavy (non-hydrogen) atoms. The summed E-state index contributed by atoms with van der Waals surface area (Å²) in [7, 11) is 0. The average molecular weight is 491 g/mol. The lowest BCUT2D eigenvalue weighted by Crippen LogP contribution is -2.27. The van der Waals surface area contributed by atoms with Crippen LogP contribution in [0.2, 0.25) is 10.0 Å². The van der Waals surface area contributed by atoms with E-state index in [-0.39, 0.29) is 5.78 Å². The van der Waals surface area contributed by atoms with E-state index >= 15 is 0 Å². The van der Waals surface area contributed by atoms with Crippen LogP contribution in [0.15, 0.2) is 72.8 Å². The van der Waals surface area contributed by atoms with Gasteiger partial charge in [-0.2, -0.15) is 0 Å². The molecule has 1 unspecified atom stereocenters. The van der Waals surface area contributed by atoms with Crippen LogP contribution < -0.4 is 0 Å². The van der Waals surface area contributed by atoms with Gasteiger partial charge in [-0.1, -0.05) is 71.7 Å². The van der Waals surface area contributed by atoms with Crippen LogP contribution >= 0.6 is 23.2 Å². The predicted octanol–water partition coefficient (Wildman–Crippen LogP) is 9.23. The third kappa shape index (κ3) is 4.90. The van der Waals surface area contributed by atoms with Gasteiger partial charge in [0.15, 0.2) is 5.78 Å². The number of hydrogen-bond donors (Lipinski definition) is 0. The minimum atomic E-state index is -0.721. The van der Waals surface area contributed by atoms with Crippen LogP contribution in [0.3, 0.4) is 0 Å². The Morgan fingerprint density at radius 2 is 1.21 bits per heavy atom. The Kier molecular flexibility index (Phi) is 6.87. The monoisotopic (exact) mass is 490 g/mol. The number of halogens is 2. The van der Waals surface area contributed by atoms with E-state index < -0.39 is 11.7 Å². The van der Waals surface area contributed by atoms with Crippen LogP contribution in [0.4, 0.5) is 0 Å². The first-order chi connectivity index (χ1) is 16.1. The minimum absolute atomic E-state index is 0.0365. The van der Waals surface area contributed by atoms with Crippen LogP contribution in [-0.4, -0.2) is 11.4 Å². The van der Waals surface area contributed by atoms with E-state index in [1.54, 1.807) is 6.92 Å². The molecule has 4 aromatic carbocycles. The Morgan fingerprint density at radius 3 is 1.65 bits per heavy atom. The molecule has 0 bridgehead atoms. The van der Waals surface area contributed by atoms with Gasteiger partial charge in [-0.25, -0.2) is 0 Å². The van der Waals surface area contributed by atoms with Gasteiger partial charge >= 0.3 is 0 Å². The fourth-order valence-corrected chi connectivity index (χ4v) is 4.78. The van der Waals surface area contributed by atoms with Crippen molar-refractivity contribution in [2.45, 2.75) is 46.3 Å². The highest BCUT2D eigenvalue weighted by Gasteiger charge is 2.31. The van der Waals surface area contributed by atoms with Gasteiger partial charge < -0.3 is 4.74 Å². The lowest BCUT2D eigenvalue weighted by atomic mass is 9.81. The SMILES string of the molecule is CC(=O)C(OC(C)(C)C)c1c(C)c(-c2ccc(Cl)cc2)c2ccccc2c1-c1ccc(Cl)cc1. The highest BCUT2D eigenvalue weighted by molar-refractivity contribution is 6.31. The second-order valence-corrected chi connectivity index (χ2v) is 10.4. The molecule has 4 aromatic rings. The van der Waals surface area contributed by atoms with E-state index in [4.69, 9.17) is 27.9 Å². The minimum Gasteiger partial charge on any atom is -0.360 e. The van der Waals surface area contributed by atoms with Crippen molar-refractivity contribution < 1.29 is 9.53 Å². The Labute approximate surface area is 211 Å². The van der Waals surface area contributed by atoms with E-state index in [9.17, 15) is 4.79 Å². The zero-order chi connectivity index (χ0) is 24.6. The number of fused-ring (bicyclic) bond motifs is 1. The number of carbonyl (C=O) groups excluding carboxylic acids is 1. The quantitative estimate of drug-likeness (QED) is 0.278. The highest BCUT2D eigenvalue weighted by Crippen LogP contribution is 2.46. The molecule has 4 heteroatoms. The third-order valence-corrected chi connectivity index (χ3v) is 6.39. The van der Waals surface area contributed by atoms with Gasteiger partial charge in [-0.15, -0.1) is 0 Å². The summed E-state index contributed by atoms with van der Waals surface area (Å²) in [4.78, 5) is 13.1. The smallest absolute Gasteiger partial charge is 0.163 e. The van der Waals surface area contributed by atoms with E-state index in [0.717, 1.165) is 44.2 Å². The Hall–Kier alpha value is -2.65. The highest BCUT2D eigenvalue weighted by atomic mass is 35.5. The molecule has 1 atom stereocenters. The number of rotatable bonds is 5. The first kappa shape index (κ1) is 24.5. The molecule has 0 saturated heterocycles. The van der Waals surface area contributed by atoms with Crippen molar-refractivity contribution in [1.29, 1.82) is 0 Å². The second kappa shape index (κ2) is 9.54. The lowest BCUT2D eigenvalue weighted by molar-refractivity contribution is -0.138. The second-order valence-electron chi connectivity index (χ2n) is 9.57. The summed E-state index contributed by atoms with van der Waals surface area (Å²) in [5, 5.41) is 3.51. The first-order valence-electron chi connectivity index (χ1n) is 11.3.